The first-order valence-corrected chi connectivity index (χ1v) is 8.86. The second-order valence-corrected chi connectivity index (χ2v) is 6.72. The third-order valence-corrected chi connectivity index (χ3v) is 4.75. The fourth-order valence-electron chi connectivity index (χ4n) is 3.38. The second-order valence-electron chi connectivity index (χ2n) is 6.72. The molecule has 29 heavy (non-hydrogen) atoms. The Balaban J connectivity index is 1.87. The Labute approximate surface area is 164 Å². The molecule has 0 bridgehead atoms. The van der Waals surface area contributed by atoms with Crippen LogP contribution in [0, 0.1) is 29.4 Å². The van der Waals surface area contributed by atoms with Crippen molar-refractivity contribution in [3.05, 3.63) is 82.6 Å². The number of carbonyl (C=O) groups is 2. The largest absolute Gasteiger partial charge is 0.481 e. The van der Waals surface area contributed by atoms with E-state index in [-0.39, 0.29) is 18.4 Å². The van der Waals surface area contributed by atoms with Crippen molar-refractivity contribution in [2.75, 3.05) is 0 Å². The molecule has 0 amide bonds. The van der Waals surface area contributed by atoms with Crippen LogP contribution < -0.4 is 0 Å². The van der Waals surface area contributed by atoms with Gasteiger partial charge >= 0.3 is 5.97 Å². The summed E-state index contributed by atoms with van der Waals surface area (Å²) in [5, 5.41) is 9.35. The van der Waals surface area contributed by atoms with Gasteiger partial charge in [-0.05, 0) is 18.6 Å². The number of carboxylic acids is 1. The maximum absolute atomic E-state index is 13.5. The first-order chi connectivity index (χ1) is 13.9. The van der Waals surface area contributed by atoms with Crippen molar-refractivity contribution in [3.8, 4) is 23.2 Å². The third kappa shape index (κ3) is 3.67. The topological polar surface area (TPSA) is 67.5 Å². The Hall–Kier alpha value is -3.72. The smallest absolute Gasteiger partial charge is 0.314 e. The highest BCUT2D eigenvalue weighted by Crippen LogP contribution is 2.36. The minimum Gasteiger partial charge on any atom is -0.481 e. The summed E-state index contributed by atoms with van der Waals surface area (Å²) < 4.78 is 32.8. The SMILES string of the molecule is O=C(O)C1Cc2c(oc(-c3ccccc3)c2C#Cc2cc(F)cc(F)c2)CC1=O. The average Bonchev–Trinajstić information content (AvgIpc) is 3.02. The molecule has 1 N–H and O–H groups in total. The maximum Gasteiger partial charge on any atom is 0.314 e. The summed E-state index contributed by atoms with van der Waals surface area (Å²) in [5.74, 6) is 2.09. The van der Waals surface area contributed by atoms with E-state index in [1.807, 2.05) is 6.07 Å². The number of hydrogen-bond acceptors (Lipinski definition) is 3. The Morgan fingerprint density at radius 2 is 1.76 bits per heavy atom. The lowest BCUT2D eigenvalue weighted by Gasteiger charge is -2.16. The quantitative estimate of drug-likeness (QED) is 0.529. The minimum atomic E-state index is -1.20. The van der Waals surface area contributed by atoms with E-state index in [0.29, 0.717) is 28.2 Å². The zero-order valence-corrected chi connectivity index (χ0v) is 15.0. The van der Waals surface area contributed by atoms with Crippen LogP contribution in [0.3, 0.4) is 0 Å². The van der Waals surface area contributed by atoms with Gasteiger partial charge in [0.2, 0.25) is 0 Å². The summed E-state index contributed by atoms with van der Waals surface area (Å²) in [6.45, 7) is 0. The highest BCUT2D eigenvalue weighted by molar-refractivity contribution is 6.01. The highest BCUT2D eigenvalue weighted by Gasteiger charge is 2.36. The molecule has 0 radical (unpaired) electrons. The molecule has 0 saturated heterocycles. The highest BCUT2D eigenvalue weighted by atomic mass is 19.1. The van der Waals surface area contributed by atoms with Gasteiger partial charge in [-0.1, -0.05) is 42.2 Å². The molecular weight excluding hydrogens is 378 g/mol. The summed E-state index contributed by atoms with van der Waals surface area (Å²) in [6, 6.07) is 12.0. The number of carboxylic acid groups (broad SMARTS) is 1. The Morgan fingerprint density at radius 3 is 2.41 bits per heavy atom. The maximum atomic E-state index is 13.5. The van der Waals surface area contributed by atoms with Crippen LogP contribution in [0.2, 0.25) is 0 Å². The molecule has 0 aliphatic heterocycles. The predicted octanol–water partition coefficient (Wildman–Crippen LogP) is 3.99. The molecule has 2 aromatic carbocycles. The van der Waals surface area contributed by atoms with Gasteiger partial charge in [0.1, 0.15) is 29.1 Å². The van der Waals surface area contributed by atoms with Crippen molar-refractivity contribution in [2.45, 2.75) is 12.8 Å². The summed E-state index contributed by atoms with van der Waals surface area (Å²) in [5.41, 5.74) is 1.81. The van der Waals surface area contributed by atoms with Gasteiger partial charge in [0.05, 0.1) is 12.0 Å². The van der Waals surface area contributed by atoms with Gasteiger partial charge in [-0.3, -0.25) is 9.59 Å². The van der Waals surface area contributed by atoms with Crippen LogP contribution in [0.1, 0.15) is 22.5 Å². The monoisotopic (exact) mass is 392 g/mol. The molecule has 1 aliphatic carbocycles. The van der Waals surface area contributed by atoms with Crippen LogP contribution in [0.4, 0.5) is 8.78 Å². The number of benzene rings is 2. The van der Waals surface area contributed by atoms with E-state index in [4.69, 9.17) is 4.42 Å². The molecule has 1 atom stereocenters. The van der Waals surface area contributed by atoms with Crippen LogP contribution in [0.15, 0.2) is 52.9 Å². The summed E-state index contributed by atoms with van der Waals surface area (Å²) in [7, 11) is 0. The minimum absolute atomic E-state index is 0.0403. The first-order valence-electron chi connectivity index (χ1n) is 8.86. The molecular formula is C23H14F2O4. The predicted molar refractivity (Wildman–Crippen MR) is 100 cm³/mol. The van der Waals surface area contributed by atoms with Crippen molar-refractivity contribution < 1.29 is 27.9 Å². The molecule has 0 spiro atoms. The number of hydrogen-bond donors (Lipinski definition) is 1. The van der Waals surface area contributed by atoms with Crippen molar-refractivity contribution in [1.82, 2.24) is 0 Å². The summed E-state index contributed by atoms with van der Waals surface area (Å²) in [6.07, 6.45) is -0.177. The number of fused-ring (bicyclic) bond motifs is 1. The molecule has 3 aromatic rings. The zero-order chi connectivity index (χ0) is 20.5. The number of aliphatic carboxylic acids is 1. The van der Waals surface area contributed by atoms with Crippen molar-refractivity contribution in [1.29, 1.82) is 0 Å². The molecule has 1 unspecified atom stereocenters. The molecule has 1 aromatic heterocycles. The molecule has 6 heteroatoms. The first kappa shape index (κ1) is 18.6. The van der Waals surface area contributed by atoms with E-state index >= 15 is 0 Å². The standard InChI is InChI=1S/C23H14F2O4/c24-15-8-13(9-16(25)10-15)6-7-17-18-11-19(23(27)28)20(26)12-21(18)29-22(17)14-4-2-1-3-5-14/h1-5,8-10,19H,11-12H2,(H,27,28). The van der Waals surface area contributed by atoms with E-state index in [1.54, 1.807) is 24.3 Å². The van der Waals surface area contributed by atoms with Crippen LogP contribution in [0.5, 0.6) is 0 Å². The van der Waals surface area contributed by atoms with Gasteiger partial charge in [-0.25, -0.2) is 8.78 Å². The van der Waals surface area contributed by atoms with Gasteiger partial charge in [-0.2, -0.15) is 0 Å². The van der Waals surface area contributed by atoms with E-state index in [9.17, 15) is 23.5 Å². The number of carbonyl (C=O) groups excluding carboxylic acids is 1. The third-order valence-electron chi connectivity index (χ3n) is 4.75. The van der Waals surface area contributed by atoms with Gasteiger partial charge in [0, 0.05) is 22.8 Å². The number of rotatable bonds is 2. The molecule has 4 nitrogen and oxygen atoms in total. The molecule has 4 rings (SSSR count). The van der Waals surface area contributed by atoms with Gasteiger partial charge in [0.25, 0.3) is 0 Å². The summed E-state index contributed by atoms with van der Waals surface area (Å²) in [4.78, 5) is 23.6. The van der Waals surface area contributed by atoms with Crippen molar-refractivity contribution in [2.24, 2.45) is 5.92 Å². The van der Waals surface area contributed by atoms with Gasteiger partial charge < -0.3 is 9.52 Å². The number of Topliss-reactive ketones (excluding diaryl/α,β-unsaturated/α-hetero) is 1. The lowest BCUT2D eigenvalue weighted by molar-refractivity contribution is -0.146. The van der Waals surface area contributed by atoms with Crippen molar-refractivity contribution in [3.63, 3.8) is 0 Å². The fraction of sp³-hybridized carbons (Fsp3) is 0.130. The lowest BCUT2D eigenvalue weighted by Crippen LogP contribution is -2.31. The second kappa shape index (κ2) is 7.36. The Kier molecular flexibility index (Phi) is 4.73. The fourth-order valence-corrected chi connectivity index (χ4v) is 3.38. The van der Waals surface area contributed by atoms with Gasteiger partial charge in [-0.15, -0.1) is 0 Å². The number of ketones is 1. The molecule has 1 aliphatic rings. The molecule has 144 valence electrons. The van der Waals surface area contributed by atoms with E-state index in [0.717, 1.165) is 18.2 Å². The van der Waals surface area contributed by atoms with Crippen LogP contribution in [-0.2, 0) is 22.4 Å². The normalized spacial score (nSPS) is 15.4. The Morgan fingerprint density at radius 1 is 1.07 bits per heavy atom. The lowest BCUT2D eigenvalue weighted by atomic mass is 9.84. The molecule has 1 heterocycles. The number of halogens is 2. The average molecular weight is 392 g/mol. The molecule has 0 fully saturated rings. The van der Waals surface area contributed by atoms with Crippen LogP contribution in [0.25, 0.3) is 11.3 Å². The van der Waals surface area contributed by atoms with Crippen LogP contribution in [-0.4, -0.2) is 16.9 Å². The van der Waals surface area contributed by atoms with Gasteiger partial charge in [0.15, 0.2) is 5.78 Å². The molecule has 0 saturated carbocycles. The summed E-state index contributed by atoms with van der Waals surface area (Å²) >= 11 is 0. The van der Waals surface area contributed by atoms with Crippen molar-refractivity contribution >= 4 is 11.8 Å². The van der Waals surface area contributed by atoms with Crippen LogP contribution >= 0.6 is 0 Å². The Bertz CT molecular complexity index is 1160. The van der Waals surface area contributed by atoms with E-state index in [1.165, 1.54) is 0 Å². The zero-order valence-electron chi connectivity index (χ0n) is 15.0. The van der Waals surface area contributed by atoms with E-state index < -0.39 is 29.3 Å². The number of furan rings is 1. The van der Waals surface area contributed by atoms with E-state index in [2.05, 4.69) is 11.8 Å².